The molecule has 0 radical (unpaired) electrons. The number of ether oxygens (including phenoxy) is 1. The van der Waals surface area contributed by atoms with Gasteiger partial charge in [-0.1, -0.05) is 18.2 Å². The van der Waals surface area contributed by atoms with E-state index < -0.39 is 54.1 Å². The summed E-state index contributed by atoms with van der Waals surface area (Å²) in [5, 5.41) is 14.6. The van der Waals surface area contributed by atoms with E-state index in [1.54, 1.807) is 12.1 Å². The molecule has 3 N–H and O–H groups in total. The molecular weight excluding hydrogens is 526 g/mol. The zero-order valence-corrected chi connectivity index (χ0v) is 21.3. The average Bonchev–Trinajstić information content (AvgIpc) is 3.38. The topological polar surface area (TPSA) is 128 Å². The van der Waals surface area contributed by atoms with E-state index in [4.69, 9.17) is 4.74 Å². The quantitative estimate of drug-likeness (QED) is 0.392. The Labute approximate surface area is 228 Å². The van der Waals surface area contributed by atoms with E-state index in [0.29, 0.717) is 11.3 Å². The molecule has 12 heteroatoms. The first-order valence-electron chi connectivity index (χ1n) is 12.2. The molecule has 0 bridgehead atoms. The predicted molar refractivity (Wildman–Crippen MR) is 139 cm³/mol. The number of hydrogen-bond donors (Lipinski definition) is 3. The monoisotopic (exact) mass is 552 g/mol. The van der Waals surface area contributed by atoms with Crippen molar-refractivity contribution in [3.8, 4) is 5.75 Å². The van der Waals surface area contributed by atoms with Crippen molar-refractivity contribution in [2.45, 2.75) is 18.6 Å². The maximum atomic E-state index is 13.7. The Morgan fingerprint density at radius 3 is 2.25 bits per heavy atom. The van der Waals surface area contributed by atoms with Crippen LogP contribution in [0.4, 0.5) is 19.3 Å². The van der Waals surface area contributed by atoms with Gasteiger partial charge in [0.2, 0.25) is 0 Å². The molecule has 3 aromatic carbocycles. The molecule has 2 unspecified atom stereocenters. The number of nitrogens with zero attached hydrogens (tertiary/aromatic N) is 2. The first kappa shape index (κ1) is 28.0. The van der Waals surface area contributed by atoms with Crippen LogP contribution >= 0.6 is 0 Å². The smallest absolute Gasteiger partial charge is 0.323 e. The minimum atomic E-state index is -1.47. The first-order chi connectivity index (χ1) is 19.2. The summed E-state index contributed by atoms with van der Waals surface area (Å²) in [5.74, 6) is -3.23. The summed E-state index contributed by atoms with van der Waals surface area (Å²) in [5.41, 5.74) is 0.685. The molecule has 3 aromatic rings. The van der Waals surface area contributed by atoms with Gasteiger partial charge < -0.3 is 25.4 Å². The second-order valence-electron chi connectivity index (χ2n) is 8.95. The fourth-order valence-electron chi connectivity index (χ4n) is 4.37. The van der Waals surface area contributed by atoms with Crippen LogP contribution in [-0.2, 0) is 9.59 Å². The lowest BCUT2D eigenvalue weighted by molar-refractivity contribution is -0.138. The number of halogens is 2. The maximum Gasteiger partial charge on any atom is 0.323 e. The van der Waals surface area contributed by atoms with Crippen molar-refractivity contribution >= 4 is 29.5 Å². The molecule has 2 atom stereocenters. The van der Waals surface area contributed by atoms with Crippen molar-refractivity contribution in [2.24, 2.45) is 0 Å². The zero-order valence-electron chi connectivity index (χ0n) is 21.3. The Morgan fingerprint density at radius 1 is 0.950 bits per heavy atom. The average molecular weight is 553 g/mol. The standard InChI is InChI=1S/C28H26F2N4O6/c1-40-22-11-7-18(8-12-22)27(38)33-13-14-34(28(39)31-21-4-2-3-20(30)15-21)26(33)25(37)32-23(16-24(35)36)17-5-9-19(29)10-6-17/h2-12,15,23,26H,13-14,16H2,1H3,(H,31,39)(H,32,37)(H,35,36). The fraction of sp³-hybridized carbons (Fsp3) is 0.214. The molecule has 4 amide bonds. The number of carboxylic acids is 1. The van der Waals surface area contributed by atoms with E-state index in [-0.39, 0.29) is 24.3 Å². The van der Waals surface area contributed by atoms with Gasteiger partial charge in [0, 0.05) is 24.3 Å². The molecule has 1 fully saturated rings. The molecule has 1 heterocycles. The summed E-state index contributed by atoms with van der Waals surface area (Å²) in [6, 6.07) is 14.4. The van der Waals surface area contributed by atoms with E-state index in [2.05, 4.69) is 10.6 Å². The number of amides is 4. The summed E-state index contributed by atoms with van der Waals surface area (Å²) < 4.78 is 32.3. The van der Waals surface area contributed by atoms with Gasteiger partial charge in [0.25, 0.3) is 11.8 Å². The summed E-state index contributed by atoms with van der Waals surface area (Å²) in [7, 11) is 1.47. The predicted octanol–water partition coefficient (Wildman–Crippen LogP) is 3.62. The molecule has 10 nitrogen and oxygen atoms in total. The number of rotatable bonds is 8. The molecule has 0 aliphatic carbocycles. The van der Waals surface area contributed by atoms with Gasteiger partial charge >= 0.3 is 12.0 Å². The molecule has 0 saturated carbocycles. The Morgan fingerprint density at radius 2 is 1.62 bits per heavy atom. The minimum absolute atomic E-state index is 0.0142. The third kappa shape index (κ3) is 6.52. The number of anilines is 1. The van der Waals surface area contributed by atoms with Crippen LogP contribution in [-0.4, -0.2) is 65.1 Å². The van der Waals surface area contributed by atoms with E-state index >= 15 is 0 Å². The highest BCUT2D eigenvalue weighted by atomic mass is 19.1. The van der Waals surface area contributed by atoms with Gasteiger partial charge in [-0.2, -0.15) is 0 Å². The van der Waals surface area contributed by atoms with Crippen LogP contribution in [0.15, 0.2) is 72.8 Å². The van der Waals surface area contributed by atoms with Crippen molar-refractivity contribution in [2.75, 3.05) is 25.5 Å². The highest BCUT2D eigenvalue weighted by molar-refractivity contribution is 6.00. The van der Waals surface area contributed by atoms with Gasteiger partial charge in [0.1, 0.15) is 17.4 Å². The van der Waals surface area contributed by atoms with Crippen molar-refractivity contribution in [1.29, 1.82) is 0 Å². The Bertz CT molecular complexity index is 1400. The summed E-state index contributed by atoms with van der Waals surface area (Å²) in [4.78, 5) is 54.2. The van der Waals surface area contributed by atoms with Gasteiger partial charge in [0.05, 0.1) is 19.6 Å². The Hall–Kier alpha value is -5.00. The SMILES string of the molecule is COc1ccc(C(=O)N2CCN(C(=O)Nc3cccc(F)c3)C2C(=O)NC(CC(=O)O)c2ccc(F)cc2)cc1. The molecule has 1 aliphatic rings. The first-order valence-corrected chi connectivity index (χ1v) is 12.2. The maximum absolute atomic E-state index is 13.7. The Kier molecular flexibility index (Phi) is 8.57. The molecule has 0 aromatic heterocycles. The molecule has 40 heavy (non-hydrogen) atoms. The number of methoxy groups -OCH3 is 1. The number of carbonyl (C=O) groups is 4. The van der Waals surface area contributed by atoms with Crippen LogP contribution in [0.2, 0.25) is 0 Å². The van der Waals surface area contributed by atoms with Gasteiger partial charge in [-0.3, -0.25) is 19.3 Å². The fourth-order valence-corrected chi connectivity index (χ4v) is 4.37. The third-order valence-electron chi connectivity index (χ3n) is 6.31. The molecule has 1 saturated heterocycles. The molecule has 4 rings (SSSR count). The molecular formula is C28H26F2N4O6. The van der Waals surface area contributed by atoms with Gasteiger partial charge in [-0.25, -0.2) is 13.6 Å². The number of carbonyl (C=O) groups excluding carboxylic acids is 3. The molecule has 1 aliphatic heterocycles. The van der Waals surface area contributed by atoms with Crippen molar-refractivity contribution in [1.82, 2.24) is 15.1 Å². The van der Waals surface area contributed by atoms with Crippen molar-refractivity contribution in [3.63, 3.8) is 0 Å². The second-order valence-corrected chi connectivity index (χ2v) is 8.95. The minimum Gasteiger partial charge on any atom is -0.497 e. The highest BCUT2D eigenvalue weighted by Gasteiger charge is 2.43. The van der Waals surface area contributed by atoms with E-state index in [1.165, 1.54) is 54.5 Å². The van der Waals surface area contributed by atoms with Crippen LogP contribution in [0, 0.1) is 11.6 Å². The van der Waals surface area contributed by atoms with Crippen LogP contribution < -0.4 is 15.4 Å². The van der Waals surface area contributed by atoms with Gasteiger partial charge in [0.15, 0.2) is 6.17 Å². The lowest BCUT2D eigenvalue weighted by Crippen LogP contribution is -2.55. The Balaban J connectivity index is 1.64. The number of nitrogens with one attached hydrogen (secondary N) is 2. The number of aliphatic carboxylic acids is 1. The van der Waals surface area contributed by atoms with Crippen LogP contribution in [0.25, 0.3) is 0 Å². The lowest BCUT2D eigenvalue weighted by atomic mass is 10.0. The highest BCUT2D eigenvalue weighted by Crippen LogP contribution is 2.24. The lowest BCUT2D eigenvalue weighted by Gasteiger charge is -2.31. The van der Waals surface area contributed by atoms with Crippen molar-refractivity contribution in [3.05, 3.63) is 95.6 Å². The van der Waals surface area contributed by atoms with Gasteiger partial charge in [-0.05, 0) is 60.2 Å². The normalized spacial score (nSPS) is 15.3. The molecule has 208 valence electrons. The largest absolute Gasteiger partial charge is 0.497 e. The van der Waals surface area contributed by atoms with Crippen molar-refractivity contribution < 1.29 is 37.8 Å². The number of hydrogen-bond acceptors (Lipinski definition) is 5. The van der Waals surface area contributed by atoms with Gasteiger partial charge in [-0.15, -0.1) is 0 Å². The zero-order chi connectivity index (χ0) is 28.8. The number of carboxylic acid groups (broad SMARTS) is 1. The summed E-state index contributed by atoms with van der Waals surface area (Å²) in [6.07, 6.45) is -2.01. The summed E-state index contributed by atoms with van der Waals surface area (Å²) >= 11 is 0. The van der Waals surface area contributed by atoms with Crippen LogP contribution in [0.3, 0.4) is 0 Å². The molecule has 0 spiro atoms. The number of benzene rings is 3. The van der Waals surface area contributed by atoms with E-state index in [1.807, 2.05) is 0 Å². The second kappa shape index (κ2) is 12.2. The third-order valence-corrected chi connectivity index (χ3v) is 6.31. The van der Waals surface area contributed by atoms with Crippen LogP contribution in [0.5, 0.6) is 5.75 Å². The van der Waals surface area contributed by atoms with E-state index in [9.17, 15) is 33.1 Å². The number of urea groups is 1. The summed E-state index contributed by atoms with van der Waals surface area (Å²) in [6.45, 7) is -0.0546. The van der Waals surface area contributed by atoms with Crippen LogP contribution in [0.1, 0.15) is 28.4 Å². The van der Waals surface area contributed by atoms with E-state index in [0.717, 1.165) is 23.1 Å².